The second kappa shape index (κ2) is 19.0. The summed E-state index contributed by atoms with van der Waals surface area (Å²) < 4.78 is 8.28. The third-order valence-corrected chi connectivity index (χ3v) is 0.836. The van der Waals surface area contributed by atoms with E-state index < -0.39 is 11.9 Å². The van der Waals surface area contributed by atoms with Gasteiger partial charge in [0, 0.05) is 12.2 Å². The zero-order valence-corrected chi connectivity index (χ0v) is 9.51. The van der Waals surface area contributed by atoms with Gasteiger partial charge in [0.15, 0.2) is 0 Å². The molecule has 0 rings (SSSR count). The highest BCUT2D eigenvalue weighted by Gasteiger charge is 1.82. The van der Waals surface area contributed by atoms with E-state index in [1.165, 1.54) is 14.2 Å². The molecule has 0 radical (unpaired) electrons. The fourth-order valence-electron chi connectivity index (χ4n) is 0.167. The van der Waals surface area contributed by atoms with E-state index in [-0.39, 0.29) is 13.2 Å². The molecule has 0 aliphatic rings. The average Bonchev–Trinajstić information content (AvgIpc) is 2.37. The highest BCUT2D eigenvalue weighted by Crippen LogP contribution is 1.68. The van der Waals surface area contributed by atoms with Crippen LogP contribution in [0.4, 0.5) is 0 Å². The molecule has 0 aromatic rings. The minimum atomic E-state index is -0.394. The van der Waals surface area contributed by atoms with Crippen LogP contribution in [-0.4, -0.2) is 49.6 Å². The van der Waals surface area contributed by atoms with E-state index in [9.17, 15) is 9.59 Å². The summed E-state index contributed by atoms with van der Waals surface area (Å²) >= 11 is 0. The van der Waals surface area contributed by atoms with Crippen molar-refractivity contribution in [2.75, 3.05) is 27.4 Å². The summed E-state index contributed by atoms with van der Waals surface area (Å²) in [4.78, 5) is 19.7. The van der Waals surface area contributed by atoms with Crippen molar-refractivity contribution in [3.63, 3.8) is 0 Å². The molecule has 0 bridgehead atoms. The Kier molecular flexibility index (Phi) is 23.6. The number of ether oxygens (including phenoxy) is 2. The Labute approximate surface area is 94.8 Å². The van der Waals surface area contributed by atoms with Crippen LogP contribution < -0.4 is 0 Å². The van der Waals surface area contributed by atoms with Gasteiger partial charge in [-0.3, -0.25) is 0 Å². The van der Waals surface area contributed by atoms with Gasteiger partial charge < -0.3 is 19.7 Å². The lowest BCUT2D eigenvalue weighted by atomic mass is 10.7. The zero-order valence-electron chi connectivity index (χ0n) is 9.51. The molecule has 0 aliphatic carbocycles. The number of hydrogen-bond donors (Lipinski definition) is 2. The normalized spacial score (nSPS) is 7.00. The summed E-state index contributed by atoms with van der Waals surface area (Å²) in [6.07, 6.45) is 2.22. The van der Waals surface area contributed by atoms with E-state index in [0.717, 1.165) is 12.2 Å². The van der Waals surface area contributed by atoms with Crippen LogP contribution in [0.1, 0.15) is 0 Å². The maximum absolute atomic E-state index is 9.84. The van der Waals surface area contributed by atoms with Crippen molar-refractivity contribution >= 4 is 11.9 Å². The summed E-state index contributed by atoms with van der Waals surface area (Å²) in [7, 11) is 2.62. The second-order valence-electron chi connectivity index (χ2n) is 1.90. The molecular formula is C10H18O6. The zero-order chi connectivity index (χ0) is 13.4. The summed E-state index contributed by atoms with van der Waals surface area (Å²) in [5.74, 6) is -0.787. The van der Waals surface area contributed by atoms with Gasteiger partial charge in [0.25, 0.3) is 0 Å². The number of methoxy groups -OCH3 is 2. The fourth-order valence-corrected chi connectivity index (χ4v) is 0.167. The van der Waals surface area contributed by atoms with Crippen molar-refractivity contribution in [2.24, 2.45) is 0 Å². The van der Waals surface area contributed by atoms with Crippen LogP contribution in [0.15, 0.2) is 25.3 Å². The van der Waals surface area contributed by atoms with Crippen molar-refractivity contribution in [3.05, 3.63) is 25.3 Å². The van der Waals surface area contributed by atoms with Gasteiger partial charge in [-0.2, -0.15) is 0 Å². The van der Waals surface area contributed by atoms with Crippen LogP contribution in [0.3, 0.4) is 0 Å². The molecule has 0 fully saturated rings. The number of aliphatic hydroxyl groups is 2. The third-order valence-electron chi connectivity index (χ3n) is 0.836. The number of hydrogen-bond acceptors (Lipinski definition) is 6. The molecule has 0 heterocycles. The summed E-state index contributed by atoms with van der Waals surface area (Å²) in [5.41, 5.74) is 0. The van der Waals surface area contributed by atoms with Gasteiger partial charge >= 0.3 is 11.9 Å². The molecule has 0 aromatic carbocycles. The maximum Gasteiger partial charge on any atom is 0.329 e. The first-order chi connectivity index (χ1) is 7.53. The van der Waals surface area contributed by atoms with E-state index in [0.29, 0.717) is 0 Å². The number of aliphatic hydroxyl groups excluding tert-OH is 2. The Morgan fingerprint density at radius 2 is 1.25 bits per heavy atom. The smallest absolute Gasteiger partial charge is 0.329 e. The Balaban J connectivity index is -0.000000162. The van der Waals surface area contributed by atoms with Crippen molar-refractivity contribution in [2.45, 2.75) is 0 Å². The van der Waals surface area contributed by atoms with Gasteiger partial charge in [0.2, 0.25) is 0 Å². The van der Waals surface area contributed by atoms with Crippen molar-refractivity contribution in [3.8, 4) is 0 Å². The summed E-state index contributed by atoms with van der Waals surface area (Å²) in [5, 5.41) is 15.2. The van der Waals surface area contributed by atoms with Gasteiger partial charge in [-0.25, -0.2) is 9.59 Å². The van der Waals surface area contributed by atoms with E-state index in [4.69, 9.17) is 10.2 Å². The van der Waals surface area contributed by atoms with Crippen molar-refractivity contribution in [1.29, 1.82) is 0 Å². The maximum atomic E-state index is 9.84. The average molecular weight is 234 g/mol. The molecule has 6 nitrogen and oxygen atoms in total. The van der Waals surface area contributed by atoms with E-state index in [2.05, 4.69) is 22.6 Å². The Hall–Kier alpha value is -1.66. The van der Waals surface area contributed by atoms with E-state index >= 15 is 0 Å². The number of esters is 2. The van der Waals surface area contributed by atoms with Crippen molar-refractivity contribution < 1.29 is 29.3 Å². The molecule has 2 N–H and O–H groups in total. The number of rotatable bonds is 3. The Morgan fingerprint density at radius 3 is 1.25 bits per heavy atom. The Bertz CT molecular complexity index is 177. The lowest BCUT2D eigenvalue weighted by Crippen LogP contribution is -1.91. The minimum absolute atomic E-state index is 0.125. The van der Waals surface area contributed by atoms with Crippen LogP contribution in [0.5, 0.6) is 0 Å². The molecule has 0 unspecified atom stereocenters. The molecule has 6 heteroatoms. The molecular weight excluding hydrogens is 216 g/mol. The third kappa shape index (κ3) is 29.5. The quantitative estimate of drug-likeness (QED) is 0.512. The van der Waals surface area contributed by atoms with Crippen LogP contribution in [0, 0.1) is 0 Å². The second-order valence-corrected chi connectivity index (χ2v) is 1.90. The van der Waals surface area contributed by atoms with Crippen LogP contribution in [0.25, 0.3) is 0 Å². The van der Waals surface area contributed by atoms with Crippen molar-refractivity contribution in [1.82, 2.24) is 0 Å². The number of carbonyl (C=O) groups is 2. The minimum Gasteiger partial charge on any atom is -0.466 e. The number of carbonyl (C=O) groups excluding carboxylic acids is 2. The van der Waals surface area contributed by atoms with Crippen LogP contribution >= 0.6 is 0 Å². The first-order valence-electron chi connectivity index (χ1n) is 4.16. The van der Waals surface area contributed by atoms with Gasteiger partial charge in [0.05, 0.1) is 27.4 Å². The van der Waals surface area contributed by atoms with Crippen LogP contribution in [0.2, 0.25) is 0 Å². The summed E-state index contributed by atoms with van der Waals surface area (Å²) in [6.45, 7) is 6.06. The van der Waals surface area contributed by atoms with Gasteiger partial charge in [-0.05, 0) is 0 Å². The van der Waals surface area contributed by atoms with E-state index in [1.807, 2.05) is 0 Å². The van der Waals surface area contributed by atoms with E-state index in [1.54, 1.807) is 0 Å². The Morgan fingerprint density at radius 1 is 1.00 bits per heavy atom. The molecule has 0 aromatic heterocycles. The van der Waals surface area contributed by atoms with Gasteiger partial charge in [-0.15, -0.1) is 0 Å². The topological polar surface area (TPSA) is 93.1 Å². The summed E-state index contributed by atoms with van der Waals surface area (Å²) in [6, 6.07) is 0. The predicted octanol–water partition coefficient (Wildman–Crippen LogP) is -0.338. The highest BCUT2D eigenvalue weighted by molar-refractivity contribution is 5.81. The monoisotopic (exact) mass is 234 g/mol. The fraction of sp³-hybridized carbons (Fsp3) is 0.400. The van der Waals surface area contributed by atoms with Crippen LogP contribution in [-0.2, 0) is 19.1 Å². The molecule has 0 amide bonds. The molecule has 0 spiro atoms. The largest absolute Gasteiger partial charge is 0.466 e. The molecule has 16 heavy (non-hydrogen) atoms. The SMILES string of the molecule is C=CC(=O)OC.C=CC(=O)OC.OCCO. The molecule has 0 saturated carbocycles. The lowest BCUT2D eigenvalue weighted by Gasteiger charge is -1.83. The first-order valence-corrected chi connectivity index (χ1v) is 4.16. The lowest BCUT2D eigenvalue weighted by molar-refractivity contribution is -0.135. The standard InChI is InChI=1S/2C4H6O2.C2H6O2/c2*1-3-4(5)6-2;3-1-2-4/h2*3H,1H2,2H3;3-4H,1-2H2. The molecule has 0 saturated heterocycles. The first kappa shape index (κ1) is 19.8. The molecule has 0 atom stereocenters. The van der Waals surface area contributed by atoms with Gasteiger partial charge in [-0.1, -0.05) is 13.2 Å². The van der Waals surface area contributed by atoms with Gasteiger partial charge in [0.1, 0.15) is 0 Å². The molecule has 94 valence electrons. The molecule has 0 aliphatic heterocycles. The highest BCUT2D eigenvalue weighted by atomic mass is 16.5. The predicted molar refractivity (Wildman–Crippen MR) is 58.6 cm³/mol.